The molecule has 0 unspecified atom stereocenters. The Hall–Kier alpha value is -2.57. The lowest BCUT2D eigenvalue weighted by atomic mass is 10.1. The van der Waals surface area contributed by atoms with Gasteiger partial charge in [-0.15, -0.1) is 0 Å². The lowest BCUT2D eigenvalue weighted by molar-refractivity contribution is 0.114. The molecule has 0 radical (unpaired) electrons. The highest BCUT2D eigenvalue weighted by Crippen LogP contribution is 2.24. The highest BCUT2D eigenvalue weighted by molar-refractivity contribution is 5.77. The van der Waals surface area contributed by atoms with Gasteiger partial charge in [-0.1, -0.05) is 0 Å². The second kappa shape index (κ2) is 5.91. The van der Waals surface area contributed by atoms with Crippen molar-refractivity contribution in [2.75, 3.05) is 25.1 Å². The maximum atomic E-state index is 11.3. The van der Waals surface area contributed by atoms with Crippen LogP contribution in [-0.4, -0.2) is 58.4 Å². The monoisotopic (exact) mass is 316 g/mol. The maximum Gasteiger partial charge on any atom is 0.407 e. The van der Waals surface area contributed by atoms with Gasteiger partial charge >= 0.3 is 6.09 Å². The molecule has 2 aromatic rings. The van der Waals surface area contributed by atoms with Crippen molar-refractivity contribution in [1.29, 1.82) is 0 Å². The van der Waals surface area contributed by atoms with E-state index in [-0.39, 0.29) is 12.1 Å². The van der Waals surface area contributed by atoms with Crippen LogP contribution >= 0.6 is 0 Å². The molecule has 2 atom stereocenters. The van der Waals surface area contributed by atoms with E-state index in [1.165, 1.54) is 4.90 Å². The molecular weight excluding hydrogens is 296 g/mol. The number of benzene rings is 1. The molecule has 7 nitrogen and oxygen atoms in total. The molecule has 2 heterocycles. The fourth-order valence-corrected chi connectivity index (χ4v) is 2.96. The van der Waals surface area contributed by atoms with Crippen molar-refractivity contribution in [1.82, 2.24) is 14.9 Å². The van der Waals surface area contributed by atoms with Gasteiger partial charge in [-0.05, 0) is 26.0 Å². The van der Waals surface area contributed by atoms with Gasteiger partial charge in [-0.25, -0.2) is 9.78 Å². The molecule has 1 N–H and O–H groups in total. The Morgan fingerprint density at radius 3 is 2.74 bits per heavy atom. The second-order valence-electron chi connectivity index (χ2n) is 5.87. The van der Waals surface area contributed by atoms with Crippen molar-refractivity contribution in [2.45, 2.75) is 25.9 Å². The van der Waals surface area contributed by atoms with Gasteiger partial charge in [0.05, 0.1) is 24.3 Å². The molecule has 3 rings (SSSR count). The van der Waals surface area contributed by atoms with Crippen molar-refractivity contribution in [3.8, 4) is 5.75 Å². The molecule has 0 spiro atoms. The quantitative estimate of drug-likeness (QED) is 0.915. The van der Waals surface area contributed by atoms with E-state index in [0.29, 0.717) is 13.1 Å². The van der Waals surface area contributed by atoms with Gasteiger partial charge in [-0.2, -0.15) is 0 Å². The standard InChI is InChI=1S/C16H20N4O3/c1-10-9-20(16(21)22)11(2)8-19(10)15-7-17-14-6-12(23-3)4-5-13(14)18-15/h4-7,10-11H,8-9H2,1-3H3,(H,21,22)/t10-,11+/m0/s1. The maximum absolute atomic E-state index is 11.3. The third-order valence-electron chi connectivity index (χ3n) is 4.26. The van der Waals surface area contributed by atoms with E-state index in [2.05, 4.69) is 14.9 Å². The molecule has 1 fully saturated rings. The van der Waals surface area contributed by atoms with Crippen LogP contribution in [-0.2, 0) is 0 Å². The molecule has 1 aromatic heterocycles. The highest BCUT2D eigenvalue weighted by Gasteiger charge is 2.32. The first-order valence-corrected chi connectivity index (χ1v) is 7.56. The number of carboxylic acid groups (broad SMARTS) is 1. The molecule has 1 aliphatic heterocycles. The minimum Gasteiger partial charge on any atom is -0.497 e. The van der Waals surface area contributed by atoms with Gasteiger partial charge in [0.1, 0.15) is 11.6 Å². The lowest BCUT2D eigenvalue weighted by Gasteiger charge is -2.43. The summed E-state index contributed by atoms with van der Waals surface area (Å²) in [6.45, 7) is 4.97. The SMILES string of the molecule is COc1ccc2nc(N3C[C@@H](C)N(C(=O)O)C[C@@H]3C)cnc2c1. The number of nitrogens with zero attached hydrogens (tertiary/aromatic N) is 4. The number of piperazine rings is 1. The molecule has 1 aromatic carbocycles. The summed E-state index contributed by atoms with van der Waals surface area (Å²) in [4.78, 5) is 24.0. The summed E-state index contributed by atoms with van der Waals surface area (Å²) in [6, 6.07) is 5.55. The predicted molar refractivity (Wildman–Crippen MR) is 87.1 cm³/mol. The van der Waals surface area contributed by atoms with E-state index in [0.717, 1.165) is 22.6 Å². The zero-order valence-electron chi connectivity index (χ0n) is 13.4. The van der Waals surface area contributed by atoms with Crippen molar-refractivity contribution in [3.05, 3.63) is 24.4 Å². The average Bonchev–Trinajstić information content (AvgIpc) is 2.55. The van der Waals surface area contributed by atoms with Crippen LogP contribution in [0, 0.1) is 0 Å². The average molecular weight is 316 g/mol. The van der Waals surface area contributed by atoms with Gasteiger partial charge in [0.25, 0.3) is 0 Å². The van der Waals surface area contributed by atoms with Crippen molar-refractivity contribution >= 4 is 22.9 Å². The zero-order chi connectivity index (χ0) is 16.6. The van der Waals surface area contributed by atoms with Gasteiger partial charge in [0.15, 0.2) is 0 Å². The summed E-state index contributed by atoms with van der Waals surface area (Å²) in [5.74, 6) is 1.52. The topological polar surface area (TPSA) is 78.8 Å². The molecule has 1 aliphatic rings. The van der Waals surface area contributed by atoms with E-state index in [4.69, 9.17) is 4.74 Å². The number of ether oxygens (including phenoxy) is 1. The number of rotatable bonds is 2. The summed E-state index contributed by atoms with van der Waals surface area (Å²) in [6.07, 6.45) is 0.863. The Morgan fingerprint density at radius 1 is 1.26 bits per heavy atom. The summed E-state index contributed by atoms with van der Waals surface area (Å²) < 4.78 is 5.19. The summed E-state index contributed by atoms with van der Waals surface area (Å²) in [5.41, 5.74) is 1.57. The molecule has 1 saturated heterocycles. The lowest BCUT2D eigenvalue weighted by Crippen LogP contribution is -2.58. The Balaban J connectivity index is 1.89. The van der Waals surface area contributed by atoms with E-state index < -0.39 is 6.09 Å². The van der Waals surface area contributed by atoms with E-state index in [1.807, 2.05) is 32.0 Å². The summed E-state index contributed by atoms with van der Waals surface area (Å²) >= 11 is 0. The van der Waals surface area contributed by atoms with E-state index >= 15 is 0 Å². The number of carbonyl (C=O) groups is 1. The molecule has 0 aliphatic carbocycles. The number of amides is 1. The van der Waals surface area contributed by atoms with Crippen molar-refractivity contribution < 1.29 is 14.6 Å². The first kappa shape index (κ1) is 15.3. The molecule has 1 amide bonds. The van der Waals surface area contributed by atoms with Gasteiger partial charge < -0.3 is 19.6 Å². The number of hydrogen-bond donors (Lipinski definition) is 1. The van der Waals surface area contributed by atoms with Crippen molar-refractivity contribution in [3.63, 3.8) is 0 Å². The largest absolute Gasteiger partial charge is 0.497 e. The van der Waals surface area contributed by atoms with Crippen LogP contribution < -0.4 is 9.64 Å². The van der Waals surface area contributed by atoms with E-state index in [9.17, 15) is 9.90 Å². The number of fused-ring (bicyclic) bond motifs is 1. The third kappa shape index (κ3) is 2.86. The fourth-order valence-electron chi connectivity index (χ4n) is 2.96. The van der Waals surface area contributed by atoms with Crippen LogP contribution in [0.4, 0.5) is 10.6 Å². The number of hydrogen-bond acceptors (Lipinski definition) is 5. The number of anilines is 1. The Kier molecular flexibility index (Phi) is 3.94. The van der Waals surface area contributed by atoms with Crippen LogP contribution in [0.15, 0.2) is 24.4 Å². The predicted octanol–water partition coefficient (Wildman–Crippen LogP) is 2.22. The van der Waals surface area contributed by atoms with Crippen molar-refractivity contribution in [2.24, 2.45) is 0 Å². The van der Waals surface area contributed by atoms with Crippen LogP contribution in [0.25, 0.3) is 11.0 Å². The normalized spacial score (nSPS) is 21.5. The zero-order valence-corrected chi connectivity index (χ0v) is 13.4. The first-order valence-electron chi connectivity index (χ1n) is 7.56. The smallest absolute Gasteiger partial charge is 0.407 e. The van der Waals surface area contributed by atoms with Crippen LogP contribution in [0.3, 0.4) is 0 Å². The molecule has 122 valence electrons. The third-order valence-corrected chi connectivity index (χ3v) is 4.26. The Labute approximate surface area is 134 Å². The molecule has 0 saturated carbocycles. The van der Waals surface area contributed by atoms with Crippen LogP contribution in [0.1, 0.15) is 13.8 Å². The van der Waals surface area contributed by atoms with E-state index in [1.54, 1.807) is 13.3 Å². The minimum atomic E-state index is -0.874. The molecule has 0 bridgehead atoms. The Bertz CT molecular complexity index is 736. The van der Waals surface area contributed by atoms with Gasteiger partial charge in [-0.3, -0.25) is 4.98 Å². The molecule has 23 heavy (non-hydrogen) atoms. The minimum absolute atomic E-state index is 0.0484. The molecule has 7 heteroatoms. The number of aromatic nitrogens is 2. The highest BCUT2D eigenvalue weighted by atomic mass is 16.5. The van der Waals surface area contributed by atoms with Gasteiger partial charge in [0.2, 0.25) is 0 Å². The summed E-state index contributed by atoms with van der Waals surface area (Å²) in [5, 5.41) is 9.24. The van der Waals surface area contributed by atoms with Crippen LogP contribution in [0.2, 0.25) is 0 Å². The summed E-state index contributed by atoms with van der Waals surface area (Å²) in [7, 11) is 1.62. The fraction of sp³-hybridized carbons (Fsp3) is 0.438. The van der Waals surface area contributed by atoms with Gasteiger partial charge in [0, 0.05) is 31.2 Å². The number of methoxy groups -OCH3 is 1. The second-order valence-corrected chi connectivity index (χ2v) is 5.87. The Morgan fingerprint density at radius 2 is 2.04 bits per heavy atom. The first-order chi connectivity index (χ1) is 11.0. The molecular formula is C16H20N4O3. The van der Waals surface area contributed by atoms with Crippen LogP contribution in [0.5, 0.6) is 5.75 Å².